The number of carbonyl (C=O) groups excluding carboxylic acids is 1. The summed E-state index contributed by atoms with van der Waals surface area (Å²) >= 11 is 0. The van der Waals surface area contributed by atoms with Crippen molar-refractivity contribution in [1.82, 2.24) is 4.90 Å². The van der Waals surface area contributed by atoms with Crippen LogP contribution < -0.4 is 5.32 Å². The summed E-state index contributed by atoms with van der Waals surface area (Å²) in [5.41, 5.74) is 0.806. The molecular formula is C15H24N2O2. The van der Waals surface area contributed by atoms with Crippen molar-refractivity contribution in [3.63, 3.8) is 0 Å². The minimum absolute atomic E-state index is 0.0356. The van der Waals surface area contributed by atoms with E-state index in [1.165, 1.54) is 0 Å². The molecule has 106 valence electrons. The van der Waals surface area contributed by atoms with Crippen molar-refractivity contribution in [2.45, 2.75) is 32.7 Å². The molecule has 0 fully saturated rings. The molecule has 0 aliphatic heterocycles. The van der Waals surface area contributed by atoms with Gasteiger partial charge in [0.25, 0.3) is 0 Å². The normalized spacial score (nSPS) is 11.0. The molecule has 0 saturated carbocycles. The summed E-state index contributed by atoms with van der Waals surface area (Å²) in [7, 11) is 0. The SMILES string of the molecule is CCC(CC)N(CCO)CC(=O)Nc1ccccc1. The Hall–Kier alpha value is -1.39. The van der Waals surface area contributed by atoms with Gasteiger partial charge in [0.05, 0.1) is 13.2 Å². The summed E-state index contributed by atoms with van der Waals surface area (Å²) in [6.07, 6.45) is 1.96. The maximum absolute atomic E-state index is 12.0. The Kier molecular flexibility index (Phi) is 7.15. The Morgan fingerprint density at radius 2 is 1.89 bits per heavy atom. The predicted octanol–water partition coefficient (Wildman–Crippen LogP) is 2.11. The number of benzene rings is 1. The van der Waals surface area contributed by atoms with Crippen molar-refractivity contribution in [3.8, 4) is 0 Å². The van der Waals surface area contributed by atoms with Gasteiger partial charge >= 0.3 is 0 Å². The van der Waals surface area contributed by atoms with E-state index in [9.17, 15) is 4.79 Å². The molecule has 2 N–H and O–H groups in total. The smallest absolute Gasteiger partial charge is 0.238 e. The van der Waals surface area contributed by atoms with Gasteiger partial charge in [-0.3, -0.25) is 9.69 Å². The van der Waals surface area contributed by atoms with Crippen LogP contribution in [0.4, 0.5) is 5.69 Å². The monoisotopic (exact) mass is 264 g/mol. The third-order valence-electron chi connectivity index (χ3n) is 3.25. The number of hydrogen-bond acceptors (Lipinski definition) is 3. The highest BCUT2D eigenvalue weighted by atomic mass is 16.3. The van der Waals surface area contributed by atoms with E-state index in [0.29, 0.717) is 19.1 Å². The summed E-state index contributed by atoms with van der Waals surface area (Å²) in [4.78, 5) is 14.0. The molecule has 1 aromatic rings. The second-order valence-corrected chi connectivity index (χ2v) is 4.58. The first-order valence-corrected chi connectivity index (χ1v) is 6.91. The lowest BCUT2D eigenvalue weighted by atomic mass is 10.1. The van der Waals surface area contributed by atoms with Gasteiger partial charge in [0.2, 0.25) is 5.91 Å². The topological polar surface area (TPSA) is 52.6 Å². The number of para-hydroxylation sites is 1. The molecule has 1 rings (SSSR count). The van der Waals surface area contributed by atoms with E-state index in [2.05, 4.69) is 19.2 Å². The first-order chi connectivity index (χ1) is 9.21. The minimum Gasteiger partial charge on any atom is -0.395 e. The van der Waals surface area contributed by atoms with Gasteiger partial charge in [-0.2, -0.15) is 0 Å². The van der Waals surface area contributed by atoms with Gasteiger partial charge in [-0.15, -0.1) is 0 Å². The number of aliphatic hydroxyl groups is 1. The van der Waals surface area contributed by atoms with Crippen LogP contribution in [0.25, 0.3) is 0 Å². The Balaban J connectivity index is 2.56. The Labute approximate surface area is 115 Å². The summed E-state index contributed by atoms with van der Waals surface area (Å²) in [6.45, 7) is 5.15. The number of rotatable bonds is 8. The average molecular weight is 264 g/mol. The summed E-state index contributed by atoms with van der Waals surface area (Å²) in [5.74, 6) is -0.0356. The zero-order valence-corrected chi connectivity index (χ0v) is 11.8. The molecule has 0 radical (unpaired) electrons. The van der Waals surface area contributed by atoms with Crippen molar-refractivity contribution in [3.05, 3.63) is 30.3 Å². The Bertz CT molecular complexity index is 364. The fourth-order valence-corrected chi connectivity index (χ4v) is 2.23. The van der Waals surface area contributed by atoms with Gasteiger partial charge < -0.3 is 10.4 Å². The number of aliphatic hydroxyl groups excluding tert-OH is 1. The molecule has 1 amide bonds. The molecule has 0 atom stereocenters. The van der Waals surface area contributed by atoms with Crippen LogP contribution in [0.5, 0.6) is 0 Å². The molecule has 19 heavy (non-hydrogen) atoms. The van der Waals surface area contributed by atoms with Crippen LogP contribution in [-0.4, -0.2) is 41.7 Å². The third-order valence-corrected chi connectivity index (χ3v) is 3.25. The van der Waals surface area contributed by atoms with Crippen LogP contribution in [0.3, 0.4) is 0 Å². The van der Waals surface area contributed by atoms with E-state index < -0.39 is 0 Å². The Morgan fingerprint density at radius 3 is 2.42 bits per heavy atom. The van der Waals surface area contributed by atoms with E-state index in [1.54, 1.807) is 0 Å². The van der Waals surface area contributed by atoms with E-state index in [4.69, 9.17) is 5.11 Å². The molecule has 4 heteroatoms. The zero-order chi connectivity index (χ0) is 14.1. The number of nitrogens with one attached hydrogen (secondary N) is 1. The molecule has 0 aliphatic rings. The molecule has 0 bridgehead atoms. The van der Waals surface area contributed by atoms with Crippen LogP contribution in [0.2, 0.25) is 0 Å². The second-order valence-electron chi connectivity index (χ2n) is 4.58. The molecule has 0 aliphatic carbocycles. The lowest BCUT2D eigenvalue weighted by Crippen LogP contribution is -2.42. The van der Waals surface area contributed by atoms with Gasteiger partial charge in [0.1, 0.15) is 0 Å². The molecule has 0 saturated heterocycles. The van der Waals surface area contributed by atoms with E-state index >= 15 is 0 Å². The molecular weight excluding hydrogens is 240 g/mol. The fraction of sp³-hybridized carbons (Fsp3) is 0.533. The van der Waals surface area contributed by atoms with Crippen molar-refractivity contribution in [1.29, 1.82) is 0 Å². The van der Waals surface area contributed by atoms with Crippen molar-refractivity contribution < 1.29 is 9.90 Å². The average Bonchev–Trinajstić information content (AvgIpc) is 2.41. The number of nitrogens with zero attached hydrogens (tertiary/aromatic N) is 1. The first-order valence-electron chi connectivity index (χ1n) is 6.91. The number of anilines is 1. The van der Waals surface area contributed by atoms with Crippen molar-refractivity contribution >= 4 is 11.6 Å². The first kappa shape index (κ1) is 15.7. The van der Waals surface area contributed by atoms with Crippen LogP contribution in [0, 0.1) is 0 Å². The standard InChI is InChI=1S/C15H24N2O2/c1-3-14(4-2)17(10-11-18)12-15(19)16-13-8-6-5-7-9-13/h5-9,14,18H,3-4,10-12H2,1-2H3,(H,16,19). The summed E-state index contributed by atoms with van der Waals surface area (Å²) < 4.78 is 0. The number of hydrogen-bond donors (Lipinski definition) is 2. The summed E-state index contributed by atoms with van der Waals surface area (Å²) in [5, 5.41) is 12.0. The van der Waals surface area contributed by atoms with Gasteiger partial charge in [-0.05, 0) is 25.0 Å². The predicted molar refractivity (Wildman–Crippen MR) is 78.1 cm³/mol. The van der Waals surface area contributed by atoms with Gasteiger partial charge in [0, 0.05) is 18.3 Å². The molecule has 0 spiro atoms. The molecule has 0 aromatic heterocycles. The second kappa shape index (κ2) is 8.67. The lowest BCUT2D eigenvalue weighted by molar-refractivity contribution is -0.118. The van der Waals surface area contributed by atoms with Crippen molar-refractivity contribution in [2.75, 3.05) is 25.0 Å². The van der Waals surface area contributed by atoms with Crippen LogP contribution in [0.15, 0.2) is 30.3 Å². The van der Waals surface area contributed by atoms with Gasteiger partial charge in [-0.1, -0.05) is 32.0 Å². The quantitative estimate of drug-likeness (QED) is 0.756. The van der Waals surface area contributed by atoms with Gasteiger partial charge in [0.15, 0.2) is 0 Å². The van der Waals surface area contributed by atoms with Gasteiger partial charge in [-0.25, -0.2) is 0 Å². The molecule has 1 aromatic carbocycles. The third kappa shape index (κ3) is 5.41. The maximum atomic E-state index is 12.0. The van der Waals surface area contributed by atoms with Crippen LogP contribution in [0.1, 0.15) is 26.7 Å². The summed E-state index contributed by atoms with van der Waals surface area (Å²) in [6, 6.07) is 9.77. The maximum Gasteiger partial charge on any atom is 0.238 e. The molecule has 0 heterocycles. The number of carbonyl (C=O) groups is 1. The van der Waals surface area contributed by atoms with Crippen LogP contribution >= 0.6 is 0 Å². The van der Waals surface area contributed by atoms with Crippen molar-refractivity contribution in [2.24, 2.45) is 0 Å². The van der Waals surface area contributed by atoms with E-state index in [-0.39, 0.29) is 12.5 Å². The number of amides is 1. The highest BCUT2D eigenvalue weighted by Crippen LogP contribution is 2.09. The fourth-order valence-electron chi connectivity index (χ4n) is 2.23. The van der Waals surface area contributed by atoms with Crippen LogP contribution in [-0.2, 0) is 4.79 Å². The molecule has 4 nitrogen and oxygen atoms in total. The largest absolute Gasteiger partial charge is 0.395 e. The highest BCUT2D eigenvalue weighted by molar-refractivity contribution is 5.92. The van der Waals surface area contributed by atoms with E-state index in [0.717, 1.165) is 18.5 Å². The van der Waals surface area contributed by atoms with E-state index in [1.807, 2.05) is 35.2 Å². The minimum atomic E-state index is -0.0356. The Morgan fingerprint density at radius 1 is 1.26 bits per heavy atom. The highest BCUT2D eigenvalue weighted by Gasteiger charge is 2.17. The zero-order valence-electron chi connectivity index (χ0n) is 11.8. The lowest BCUT2D eigenvalue weighted by Gasteiger charge is -2.29. The molecule has 0 unspecified atom stereocenters.